The Morgan fingerprint density at radius 1 is 0.769 bits per heavy atom. The van der Waals surface area contributed by atoms with Crippen molar-refractivity contribution in [3.05, 3.63) is 117 Å². The second-order valence-corrected chi connectivity index (χ2v) is 13.6. The van der Waals surface area contributed by atoms with Gasteiger partial charge in [-0.1, -0.05) is 88.5 Å². The van der Waals surface area contributed by atoms with Crippen molar-refractivity contribution in [2.75, 3.05) is 4.90 Å². The van der Waals surface area contributed by atoms with Crippen LogP contribution in [-0.4, -0.2) is 9.73 Å². The Kier molecular flexibility index (Phi) is 4.60. The average Bonchev–Trinajstić information content (AvgIpc) is 3.62. The van der Waals surface area contributed by atoms with Crippen LogP contribution in [0.15, 0.2) is 83.0 Å². The highest BCUT2D eigenvalue weighted by atomic mass is 32.1. The van der Waals surface area contributed by atoms with E-state index >= 15 is 0 Å². The second-order valence-electron chi connectivity index (χ2n) is 11.7. The molecule has 0 bridgehead atoms. The van der Waals surface area contributed by atoms with Crippen LogP contribution < -0.4 is 4.90 Å². The zero-order chi connectivity index (χ0) is 26.8. The van der Waals surface area contributed by atoms with Crippen LogP contribution in [0.25, 0.3) is 17.0 Å². The van der Waals surface area contributed by atoms with Gasteiger partial charge in [0.2, 0.25) is 0 Å². The maximum absolute atomic E-state index is 5.98. The van der Waals surface area contributed by atoms with Gasteiger partial charge in [-0.2, -0.15) is 0 Å². The average molecular weight is 560 g/mol. The lowest BCUT2D eigenvalue weighted by molar-refractivity contribution is 0.600. The van der Waals surface area contributed by atoms with E-state index in [1.165, 1.54) is 43.5 Å². The highest BCUT2D eigenvalue weighted by molar-refractivity contribution is 7.84. The molecule has 0 atom stereocenters. The summed E-state index contributed by atoms with van der Waals surface area (Å²) in [5, 5.41) is 2.33. The highest BCUT2D eigenvalue weighted by Gasteiger charge is 2.46. The van der Waals surface area contributed by atoms with E-state index in [-0.39, 0.29) is 10.8 Å². The molecule has 0 amide bonds. The first kappa shape index (κ1) is 23.5. The molecule has 0 saturated heterocycles. The summed E-state index contributed by atoms with van der Waals surface area (Å²) in [6.45, 7) is 9.40. The molecule has 190 valence electrons. The summed E-state index contributed by atoms with van der Waals surface area (Å²) in [5.74, 6) is 0. The summed E-state index contributed by atoms with van der Waals surface area (Å²) in [5.41, 5.74) is 11.6. The van der Waals surface area contributed by atoms with E-state index in [2.05, 4.69) is 93.3 Å². The topological polar surface area (TPSA) is 16.4 Å². The number of furan rings is 1. The molecule has 3 aromatic carbocycles. The van der Waals surface area contributed by atoms with Crippen molar-refractivity contribution < 1.29 is 4.42 Å². The lowest BCUT2D eigenvalue weighted by Crippen LogP contribution is -2.37. The van der Waals surface area contributed by atoms with Crippen LogP contribution in [0.2, 0.25) is 0 Å². The van der Waals surface area contributed by atoms with Crippen molar-refractivity contribution in [1.29, 1.82) is 0 Å². The van der Waals surface area contributed by atoms with Crippen LogP contribution in [0, 0.1) is 0 Å². The summed E-state index contributed by atoms with van der Waals surface area (Å²) in [6.07, 6.45) is 3.92. The van der Waals surface area contributed by atoms with Crippen LogP contribution in [0.1, 0.15) is 66.0 Å². The molecule has 8 rings (SSSR count). The van der Waals surface area contributed by atoms with Gasteiger partial charge in [0, 0.05) is 37.8 Å². The van der Waals surface area contributed by atoms with Crippen molar-refractivity contribution in [2.45, 2.75) is 38.5 Å². The number of thiophene rings is 1. The minimum Gasteiger partial charge on any atom is -0.464 e. The van der Waals surface area contributed by atoms with Crippen LogP contribution in [0.3, 0.4) is 0 Å². The van der Waals surface area contributed by atoms with Gasteiger partial charge in [0.1, 0.15) is 10.6 Å². The zero-order valence-corrected chi connectivity index (χ0v) is 24.5. The highest BCUT2D eigenvalue weighted by Crippen LogP contribution is 2.61. The Hall–Kier alpha value is -3.38. The second kappa shape index (κ2) is 7.63. The number of thiocarbonyl (C=S) groups is 2. The van der Waals surface area contributed by atoms with Gasteiger partial charge in [0.05, 0.1) is 27.4 Å². The minimum atomic E-state index is -0.142. The summed E-state index contributed by atoms with van der Waals surface area (Å²) in [4.78, 5) is 5.29. The van der Waals surface area contributed by atoms with Gasteiger partial charge in [0.25, 0.3) is 0 Å². The summed E-state index contributed by atoms with van der Waals surface area (Å²) < 4.78 is 5.65. The van der Waals surface area contributed by atoms with E-state index < -0.39 is 0 Å². The molecule has 4 heterocycles. The molecular weight excluding hydrogens is 535 g/mol. The van der Waals surface area contributed by atoms with Gasteiger partial charge in [-0.05, 0) is 58.7 Å². The fraction of sp³-hybridized carbons (Fsp3) is 0.176. The Bertz CT molecular complexity index is 1910. The molecule has 0 fully saturated rings. The predicted molar refractivity (Wildman–Crippen MR) is 171 cm³/mol. The lowest BCUT2D eigenvalue weighted by Gasteiger charge is -2.48. The standard InChI is InChI=1S/C34H25NOS3/c1-33(2)23-8-5-6-11-27(23)35-29-24(33)9-7-10-25(29)34(3,4)26-16-19(39-32(26)35)15-22-30(37)20-14-18-12-13-36-28(18)17-21(20)31(22)38/h5-17H,1-4H3/b22-15-. The number of rotatable bonds is 1. The van der Waals surface area contributed by atoms with E-state index in [1.807, 2.05) is 23.5 Å². The quantitative estimate of drug-likeness (QED) is 0.150. The third-order valence-electron chi connectivity index (χ3n) is 8.89. The maximum atomic E-state index is 5.98. The number of anilines is 3. The fourth-order valence-electron chi connectivity index (χ4n) is 6.75. The third-order valence-corrected chi connectivity index (χ3v) is 10.8. The number of para-hydroxylation sites is 2. The molecule has 0 unspecified atom stereocenters. The molecule has 2 nitrogen and oxygen atoms in total. The van der Waals surface area contributed by atoms with Crippen LogP contribution in [0.4, 0.5) is 16.4 Å². The van der Waals surface area contributed by atoms with Gasteiger partial charge >= 0.3 is 0 Å². The van der Waals surface area contributed by atoms with Gasteiger partial charge in [-0.3, -0.25) is 0 Å². The first-order chi connectivity index (χ1) is 18.7. The van der Waals surface area contributed by atoms with Gasteiger partial charge in [-0.15, -0.1) is 11.3 Å². The van der Waals surface area contributed by atoms with Gasteiger partial charge in [0.15, 0.2) is 0 Å². The summed E-state index contributed by atoms with van der Waals surface area (Å²) in [6, 6.07) is 24.2. The predicted octanol–water partition coefficient (Wildman–Crippen LogP) is 9.78. The van der Waals surface area contributed by atoms with E-state index in [0.717, 1.165) is 37.4 Å². The van der Waals surface area contributed by atoms with Crippen LogP contribution >= 0.6 is 35.8 Å². The molecule has 5 aromatic rings. The normalized spacial score (nSPS) is 18.8. The van der Waals surface area contributed by atoms with Crippen LogP contribution in [0.5, 0.6) is 0 Å². The number of fused-ring (bicyclic) bond motifs is 6. The molecule has 1 aliphatic carbocycles. The van der Waals surface area contributed by atoms with Crippen molar-refractivity contribution in [3.8, 4) is 0 Å². The molecule has 3 aliphatic rings. The van der Waals surface area contributed by atoms with E-state index in [0.29, 0.717) is 0 Å². The first-order valence-electron chi connectivity index (χ1n) is 13.2. The monoisotopic (exact) mass is 559 g/mol. The van der Waals surface area contributed by atoms with Gasteiger partial charge in [-0.25, -0.2) is 0 Å². The van der Waals surface area contributed by atoms with Crippen molar-refractivity contribution in [2.24, 2.45) is 0 Å². The smallest absolute Gasteiger partial charge is 0.134 e. The molecule has 0 radical (unpaired) electrons. The Labute approximate surface area is 242 Å². The number of benzene rings is 3. The van der Waals surface area contributed by atoms with E-state index in [9.17, 15) is 0 Å². The Balaban J connectivity index is 1.32. The third kappa shape index (κ3) is 2.96. The van der Waals surface area contributed by atoms with Crippen LogP contribution in [-0.2, 0) is 10.8 Å². The zero-order valence-electron chi connectivity index (χ0n) is 22.1. The molecule has 2 aliphatic heterocycles. The lowest BCUT2D eigenvalue weighted by atomic mass is 9.67. The maximum Gasteiger partial charge on any atom is 0.134 e. The van der Waals surface area contributed by atoms with E-state index in [1.54, 1.807) is 6.26 Å². The van der Waals surface area contributed by atoms with Crippen molar-refractivity contribution >= 4 is 78.9 Å². The molecule has 5 heteroatoms. The van der Waals surface area contributed by atoms with Gasteiger partial charge < -0.3 is 9.32 Å². The Morgan fingerprint density at radius 3 is 2.21 bits per heavy atom. The fourth-order valence-corrected chi connectivity index (χ4v) is 8.75. The molecule has 2 aromatic heterocycles. The SMILES string of the molecule is CC1(C)c2ccccc2N2c3sc(/C=C4/C(=S)c5cc6ccoc6cc5C4=S)cc3C(C)(C)c3cccc1c32. The van der Waals surface area contributed by atoms with Crippen molar-refractivity contribution in [1.82, 2.24) is 0 Å². The molecule has 0 N–H and O–H groups in total. The Morgan fingerprint density at radius 2 is 1.44 bits per heavy atom. The number of hydrogen-bond donors (Lipinski definition) is 0. The summed E-state index contributed by atoms with van der Waals surface area (Å²) in [7, 11) is 0. The largest absolute Gasteiger partial charge is 0.464 e. The molecular formula is C34H25NOS3. The summed E-state index contributed by atoms with van der Waals surface area (Å²) >= 11 is 13.8. The first-order valence-corrected chi connectivity index (χ1v) is 14.8. The molecule has 0 spiro atoms. The minimum absolute atomic E-state index is 0.0821. The number of allylic oxidation sites excluding steroid dienone is 1. The van der Waals surface area contributed by atoms with Crippen molar-refractivity contribution in [3.63, 3.8) is 0 Å². The van der Waals surface area contributed by atoms with E-state index in [4.69, 9.17) is 28.9 Å². The molecule has 0 saturated carbocycles. The number of hydrogen-bond acceptors (Lipinski definition) is 5. The molecule has 39 heavy (non-hydrogen) atoms. The number of nitrogens with zero attached hydrogens (tertiary/aromatic N) is 1.